The summed E-state index contributed by atoms with van der Waals surface area (Å²) in [6.07, 6.45) is 6.92. The molecule has 2 aliphatic rings. The third kappa shape index (κ3) is 4.03. The van der Waals surface area contributed by atoms with Crippen LogP contribution in [0.3, 0.4) is 0 Å². The minimum atomic E-state index is -3.05. The Balaban J connectivity index is 1.37. The van der Waals surface area contributed by atoms with E-state index in [-0.39, 0.29) is 28.3 Å². The maximum atomic E-state index is 14.5. The van der Waals surface area contributed by atoms with Crippen LogP contribution in [0.25, 0.3) is 17.2 Å². The largest absolute Gasteiger partial charge is 0.252 e. The van der Waals surface area contributed by atoms with Crippen molar-refractivity contribution in [1.82, 2.24) is 34.9 Å². The summed E-state index contributed by atoms with van der Waals surface area (Å²) in [5, 5.41) is 13.3. The van der Waals surface area contributed by atoms with Gasteiger partial charge in [-0.2, -0.15) is 9.78 Å². The fraction of sp³-hybridized carbons (Fsp3) is 0.407. The number of aryl methyl sites for hydroxylation is 1. The first-order valence-electron chi connectivity index (χ1n) is 12.8. The van der Waals surface area contributed by atoms with E-state index in [1.54, 1.807) is 12.3 Å². The van der Waals surface area contributed by atoms with E-state index in [2.05, 4.69) is 39.1 Å². The van der Waals surface area contributed by atoms with Crippen molar-refractivity contribution in [2.75, 3.05) is 12.0 Å². The van der Waals surface area contributed by atoms with Gasteiger partial charge in [-0.15, -0.1) is 10.2 Å². The Morgan fingerprint density at radius 1 is 1.10 bits per heavy atom. The molecule has 3 aromatic heterocycles. The predicted molar refractivity (Wildman–Crippen MR) is 139 cm³/mol. The Labute approximate surface area is 224 Å². The molecule has 2 atom stereocenters. The zero-order valence-corrected chi connectivity index (χ0v) is 22.6. The van der Waals surface area contributed by atoms with E-state index in [0.717, 1.165) is 29.8 Å². The summed E-state index contributed by atoms with van der Waals surface area (Å²) in [4.78, 5) is 13.6. The first-order valence-corrected chi connectivity index (χ1v) is 14.8. The van der Waals surface area contributed by atoms with E-state index in [0.29, 0.717) is 24.6 Å². The second-order valence-electron chi connectivity index (χ2n) is 10.9. The Morgan fingerprint density at radius 3 is 2.62 bits per heavy atom. The van der Waals surface area contributed by atoms with Gasteiger partial charge >= 0.3 is 0 Å². The molecule has 1 saturated carbocycles. The number of halogens is 2. The van der Waals surface area contributed by atoms with Crippen molar-refractivity contribution in [3.8, 4) is 17.2 Å². The lowest BCUT2D eigenvalue weighted by atomic mass is 9.66. The van der Waals surface area contributed by atoms with Gasteiger partial charge in [-0.05, 0) is 60.4 Å². The van der Waals surface area contributed by atoms with Gasteiger partial charge in [0.15, 0.2) is 5.82 Å². The van der Waals surface area contributed by atoms with Crippen LogP contribution in [-0.2, 0) is 21.7 Å². The molecule has 3 heterocycles. The van der Waals surface area contributed by atoms with Crippen molar-refractivity contribution in [3.63, 3.8) is 0 Å². The molecule has 0 spiro atoms. The first-order chi connectivity index (χ1) is 18.5. The van der Waals surface area contributed by atoms with Crippen LogP contribution < -0.4 is 0 Å². The number of rotatable bonds is 7. The van der Waals surface area contributed by atoms with Crippen LogP contribution in [0.4, 0.5) is 8.78 Å². The highest BCUT2D eigenvalue weighted by Gasteiger charge is 2.65. The van der Waals surface area contributed by atoms with Crippen molar-refractivity contribution >= 4 is 9.84 Å². The highest BCUT2D eigenvalue weighted by molar-refractivity contribution is 7.90. The second-order valence-corrected chi connectivity index (χ2v) is 13.2. The number of hydrogen-bond acceptors (Lipinski definition) is 8. The summed E-state index contributed by atoms with van der Waals surface area (Å²) in [5.74, 6) is -0.317. The Morgan fingerprint density at radius 2 is 1.87 bits per heavy atom. The van der Waals surface area contributed by atoms with Gasteiger partial charge in [0.05, 0.1) is 33.8 Å². The molecule has 4 aromatic rings. The van der Waals surface area contributed by atoms with Gasteiger partial charge in [-0.3, -0.25) is 0 Å². The molecule has 2 aliphatic carbocycles. The summed E-state index contributed by atoms with van der Waals surface area (Å²) in [6.45, 7) is 4.35. The van der Waals surface area contributed by atoms with Crippen LogP contribution in [0.5, 0.6) is 0 Å². The number of aromatic nitrogens is 7. The van der Waals surface area contributed by atoms with Crippen molar-refractivity contribution in [2.45, 2.75) is 50.9 Å². The lowest BCUT2D eigenvalue weighted by Gasteiger charge is -2.37. The van der Waals surface area contributed by atoms with E-state index in [9.17, 15) is 17.2 Å². The molecular weight excluding hydrogens is 524 g/mol. The third-order valence-corrected chi connectivity index (χ3v) is 9.37. The number of fused-ring (bicyclic) bond motifs is 5. The van der Waals surface area contributed by atoms with E-state index in [1.807, 2.05) is 6.07 Å². The topological polar surface area (TPSA) is 116 Å². The molecule has 0 amide bonds. The van der Waals surface area contributed by atoms with Gasteiger partial charge in [-0.1, -0.05) is 19.9 Å². The van der Waals surface area contributed by atoms with Crippen molar-refractivity contribution in [3.05, 3.63) is 77.3 Å². The summed E-state index contributed by atoms with van der Waals surface area (Å²) in [5.41, 5.74) is 1.63. The van der Waals surface area contributed by atoms with E-state index in [1.165, 1.54) is 35.5 Å². The average molecular weight is 552 g/mol. The molecule has 9 nitrogen and oxygen atoms in total. The van der Waals surface area contributed by atoms with E-state index >= 15 is 0 Å². The van der Waals surface area contributed by atoms with Crippen LogP contribution in [0, 0.1) is 17.0 Å². The van der Waals surface area contributed by atoms with Crippen LogP contribution in [-0.4, -0.2) is 55.4 Å². The number of sulfone groups is 1. The molecule has 0 unspecified atom stereocenters. The van der Waals surface area contributed by atoms with Crippen molar-refractivity contribution in [2.24, 2.45) is 5.41 Å². The summed E-state index contributed by atoms with van der Waals surface area (Å²) < 4.78 is 53.4. The summed E-state index contributed by atoms with van der Waals surface area (Å²) >= 11 is 0. The molecule has 6 rings (SSSR count). The standard InChI is InChI=1S/C27H27F2N7O2S/c1-26(2)17-9-11-27(26,24-16(17)14-20(33-34-24)23-18(28)6-4-7-19(23)29)21-10-12-30-25(32-21)36-15-31-22(35-36)8-5-13-39(3,37)38/h4,6-7,10,12,14-15,17H,5,8-9,11,13H2,1-3H3/t17-,27+/m0/s1. The van der Waals surface area contributed by atoms with E-state index < -0.39 is 26.9 Å². The minimum Gasteiger partial charge on any atom is -0.229 e. The maximum Gasteiger partial charge on any atom is 0.252 e. The van der Waals surface area contributed by atoms with Gasteiger partial charge in [0.25, 0.3) is 5.95 Å². The lowest BCUT2D eigenvalue weighted by molar-refractivity contribution is 0.242. The fourth-order valence-electron chi connectivity index (χ4n) is 6.45. The highest BCUT2D eigenvalue weighted by Crippen LogP contribution is 2.69. The monoisotopic (exact) mass is 551 g/mol. The molecule has 2 bridgehead atoms. The number of hydrogen-bond donors (Lipinski definition) is 0. The molecular formula is C27H27F2N7O2S. The molecule has 0 aliphatic heterocycles. The fourth-order valence-corrected chi connectivity index (χ4v) is 7.12. The van der Waals surface area contributed by atoms with Crippen LogP contribution >= 0.6 is 0 Å². The molecule has 39 heavy (non-hydrogen) atoms. The molecule has 12 heteroatoms. The molecule has 202 valence electrons. The molecule has 0 N–H and O–H groups in total. The summed E-state index contributed by atoms with van der Waals surface area (Å²) in [7, 11) is -3.05. The first kappa shape index (κ1) is 25.6. The Kier molecular flexibility index (Phi) is 5.87. The van der Waals surface area contributed by atoms with Gasteiger partial charge in [0.1, 0.15) is 27.8 Å². The van der Waals surface area contributed by atoms with Gasteiger partial charge in [0, 0.05) is 18.9 Å². The molecule has 0 radical (unpaired) electrons. The van der Waals surface area contributed by atoms with Crippen LogP contribution in [0.1, 0.15) is 61.8 Å². The second kappa shape index (κ2) is 8.94. The van der Waals surface area contributed by atoms with E-state index in [4.69, 9.17) is 4.98 Å². The van der Waals surface area contributed by atoms with Crippen LogP contribution in [0.15, 0.2) is 42.9 Å². The van der Waals surface area contributed by atoms with Crippen LogP contribution in [0.2, 0.25) is 0 Å². The zero-order chi connectivity index (χ0) is 27.6. The van der Waals surface area contributed by atoms with Gasteiger partial charge in [-0.25, -0.2) is 32.2 Å². The number of nitrogens with zero attached hydrogens (tertiary/aromatic N) is 7. The van der Waals surface area contributed by atoms with Gasteiger partial charge in [0.2, 0.25) is 0 Å². The Hall–Kier alpha value is -3.67. The third-order valence-electron chi connectivity index (χ3n) is 8.34. The zero-order valence-electron chi connectivity index (χ0n) is 21.8. The highest BCUT2D eigenvalue weighted by atomic mass is 32.2. The smallest absolute Gasteiger partial charge is 0.229 e. The van der Waals surface area contributed by atoms with Crippen molar-refractivity contribution < 1.29 is 17.2 Å². The predicted octanol–water partition coefficient (Wildman–Crippen LogP) is 3.97. The minimum absolute atomic E-state index is 0.0675. The van der Waals surface area contributed by atoms with Gasteiger partial charge < -0.3 is 0 Å². The quantitative estimate of drug-likeness (QED) is 0.339. The van der Waals surface area contributed by atoms with Crippen molar-refractivity contribution in [1.29, 1.82) is 0 Å². The lowest BCUT2D eigenvalue weighted by Crippen LogP contribution is -2.38. The Bertz CT molecular complexity index is 1690. The molecule has 1 aromatic carbocycles. The maximum absolute atomic E-state index is 14.5. The molecule has 0 saturated heterocycles. The molecule has 1 fully saturated rings. The summed E-state index contributed by atoms with van der Waals surface area (Å²) in [6, 6.07) is 7.41. The number of benzene rings is 1. The normalized spacial score (nSPS) is 21.3. The average Bonchev–Trinajstić information content (AvgIpc) is 3.51. The SMILES string of the molecule is CC1(C)[C@H]2CC[C@@]1(c1ccnc(-n3cnc(CCCS(C)(=O)=O)n3)n1)c1nnc(-c3c(F)cccc3F)cc12.